The van der Waals surface area contributed by atoms with Gasteiger partial charge in [-0.2, -0.15) is 0 Å². The van der Waals surface area contributed by atoms with Gasteiger partial charge in [-0.05, 0) is 31.5 Å². The molecule has 1 atom stereocenters. The van der Waals surface area contributed by atoms with Crippen LogP contribution in [0, 0.1) is 0 Å². The number of rotatable bonds is 6. The van der Waals surface area contributed by atoms with E-state index in [0.717, 1.165) is 6.42 Å². The maximum absolute atomic E-state index is 12.6. The van der Waals surface area contributed by atoms with Crippen LogP contribution in [0.4, 0.5) is 19.3 Å². The fraction of sp³-hybridized carbons (Fsp3) is 0.467. The van der Waals surface area contributed by atoms with Gasteiger partial charge in [-0.3, -0.25) is 0 Å². The second-order valence-corrected chi connectivity index (χ2v) is 5.70. The van der Waals surface area contributed by atoms with Crippen LogP contribution >= 0.6 is 0 Å². The topological polar surface area (TPSA) is 90.0 Å². The van der Waals surface area contributed by atoms with Gasteiger partial charge in [0.1, 0.15) is 0 Å². The van der Waals surface area contributed by atoms with Gasteiger partial charge in [0, 0.05) is 5.69 Å². The number of aliphatic hydroxyl groups is 1. The SMILES string of the molecule is CCCC(C)(CO)NC(=O)Nc1ccc2nc(C(F)F)[nH]c2c1. The number of carbonyl (C=O) groups is 1. The molecule has 8 heteroatoms. The number of imidazole rings is 1. The minimum Gasteiger partial charge on any atom is -0.394 e. The van der Waals surface area contributed by atoms with Gasteiger partial charge in [0.25, 0.3) is 6.43 Å². The molecule has 23 heavy (non-hydrogen) atoms. The van der Waals surface area contributed by atoms with E-state index in [1.165, 1.54) is 6.07 Å². The van der Waals surface area contributed by atoms with Crippen molar-refractivity contribution < 1.29 is 18.7 Å². The summed E-state index contributed by atoms with van der Waals surface area (Å²) in [5.74, 6) is -0.405. The van der Waals surface area contributed by atoms with Crippen LogP contribution in [0.25, 0.3) is 11.0 Å². The summed E-state index contributed by atoms with van der Waals surface area (Å²) in [6, 6.07) is 4.19. The average Bonchev–Trinajstić information content (AvgIpc) is 2.90. The normalized spacial score (nSPS) is 14.0. The van der Waals surface area contributed by atoms with Crippen molar-refractivity contribution in [3.8, 4) is 0 Å². The number of nitrogens with zero attached hydrogens (tertiary/aromatic N) is 1. The Kier molecular flexibility index (Phi) is 5.15. The molecule has 0 spiro atoms. The lowest BCUT2D eigenvalue weighted by Crippen LogP contribution is -2.50. The zero-order valence-corrected chi connectivity index (χ0v) is 13.0. The Morgan fingerprint density at radius 2 is 2.22 bits per heavy atom. The summed E-state index contributed by atoms with van der Waals surface area (Å²) in [6.45, 7) is 3.54. The van der Waals surface area contributed by atoms with Gasteiger partial charge < -0.3 is 20.7 Å². The highest BCUT2D eigenvalue weighted by Crippen LogP contribution is 2.22. The number of urea groups is 1. The molecule has 0 saturated carbocycles. The number of H-pyrrole nitrogens is 1. The predicted octanol–water partition coefficient (Wildman–Crippen LogP) is 3.17. The standard InChI is InChI=1S/C15H20F2N4O2/c1-3-6-15(2,8-22)21-14(23)18-9-4-5-10-11(7-9)20-13(19-10)12(16)17/h4-5,7,12,22H,3,6,8H2,1-2H3,(H,19,20)(H2,18,21,23). The summed E-state index contributed by atoms with van der Waals surface area (Å²) in [5, 5.41) is 14.7. The van der Waals surface area contributed by atoms with Crippen molar-refractivity contribution in [2.24, 2.45) is 0 Å². The molecule has 0 aliphatic rings. The third kappa shape index (κ3) is 4.16. The van der Waals surface area contributed by atoms with Crippen molar-refractivity contribution in [1.82, 2.24) is 15.3 Å². The van der Waals surface area contributed by atoms with E-state index in [1.807, 2.05) is 6.92 Å². The van der Waals surface area contributed by atoms with Crippen molar-refractivity contribution in [2.45, 2.75) is 38.7 Å². The van der Waals surface area contributed by atoms with Crippen molar-refractivity contribution in [3.05, 3.63) is 24.0 Å². The summed E-state index contributed by atoms with van der Waals surface area (Å²) in [7, 11) is 0. The number of aromatic amines is 1. The fourth-order valence-corrected chi connectivity index (χ4v) is 2.38. The largest absolute Gasteiger partial charge is 0.394 e. The number of fused-ring (bicyclic) bond motifs is 1. The summed E-state index contributed by atoms with van der Waals surface area (Å²) >= 11 is 0. The van der Waals surface area contributed by atoms with Crippen molar-refractivity contribution >= 4 is 22.8 Å². The first-order chi connectivity index (χ1) is 10.9. The van der Waals surface area contributed by atoms with Crippen LogP contribution in [-0.4, -0.2) is 33.3 Å². The number of aliphatic hydroxyl groups excluding tert-OH is 1. The lowest BCUT2D eigenvalue weighted by Gasteiger charge is -2.28. The summed E-state index contributed by atoms with van der Waals surface area (Å²) in [5.41, 5.74) is 0.546. The number of aromatic nitrogens is 2. The molecule has 1 aromatic carbocycles. The molecule has 0 radical (unpaired) electrons. The van der Waals surface area contributed by atoms with Gasteiger partial charge in [0.05, 0.1) is 23.2 Å². The molecule has 2 amide bonds. The smallest absolute Gasteiger partial charge is 0.319 e. The first kappa shape index (κ1) is 17.1. The Labute approximate surface area is 132 Å². The zero-order valence-electron chi connectivity index (χ0n) is 13.0. The van der Waals surface area contributed by atoms with Crippen LogP contribution in [0.1, 0.15) is 38.9 Å². The third-order valence-electron chi connectivity index (χ3n) is 3.53. The van der Waals surface area contributed by atoms with Crippen LogP contribution in [0.3, 0.4) is 0 Å². The molecule has 1 aromatic heterocycles. The lowest BCUT2D eigenvalue weighted by molar-refractivity contribution is 0.142. The number of benzene rings is 1. The quantitative estimate of drug-likeness (QED) is 0.657. The molecule has 1 heterocycles. The van der Waals surface area contributed by atoms with E-state index < -0.39 is 23.8 Å². The Morgan fingerprint density at radius 1 is 1.48 bits per heavy atom. The molecule has 0 saturated heterocycles. The van der Waals surface area contributed by atoms with Gasteiger partial charge in [-0.25, -0.2) is 18.6 Å². The first-order valence-electron chi connectivity index (χ1n) is 7.34. The Balaban J connectivity index is 2.10. The van der Waals surface area contributed by atoms with Crippen LogP contribution in [0.2, 0.25) is 0 Å². The van der Waals surface area contributed by atoms with E-state index in [4.69, 9.17) is 0 Å². The number of hydrogen-bond donors (Lipinski definition) is 4. The highest BCUT2D eigenvalue weighted by atomic mass is 19.3. The molecule has 0 aliphatic carbocycles. The average molecular weight is 326 g/mol. The maximum Gasteiger partial charge on any atom is 0.319 e. The Hall–Kier alpha value is -2.22. The number of amides is 2. The maximum atomic E-state index is 12.6. The van der Waals surface area contributed by atoms with Crippen molar-refractivity contribution in [1.29, 1.82) is 0 Å². The number of anilines is 1. The van der Waals surface area contributed by atoms with Gasteiger partial charge in [0.15, 0.2) is 5.82 Å². The number of alkyl halides is 2. The van der Waals surface area contributed by atoms with E-state index >= 15 is 0 Å². The predicted molar refractivity (Wildman–Crippen MR) is 83.6 cm³/mol. The minimum atomic E-state index is -2.68. The van der Waals surface area contributed by atoms with Gasteiger partial charge in [0.2, 0.25) is 0 Å². The third-order valence-corrected chi connectivity index (χ3v) is 3.53. The van der Waals surface area contributed by atoms with Crippen LogP contribution in [0.5, 0.6) is 0 Å². The van der Waals surface area contributed by atoms with Crippen molar-refractivity contribution in [2.75, 3.05) is 11.9 Å². The van der Waals surface area contributed by atoms with E-state index in [0.29, 0.717) is 23.1 Å². The fourth-order valence-electron chi connectivity index (χ4n) is 2.38. The number of halogens is 2. The first-order valence-corrected chi connectivity index (χ1v) is 7.34. The van der Waals surface area contributed by atoms with Gasteiger partial charge in [-0.15, -0.1) is 0 Å². The Morgan fingerprint density at radius 3 is 2.83 bits per heavy atom. The second-order valence-electron chi connectivity index (χ2n) is 5.70. The summed E-state index contributed by atoms with van der Waals surface area (Å²) in [6.07, 6.45) is -1.23. The lowest BCUT2D eigenvalue weighted by atomic mass is 9.98. The van der Waals surface area contributed by atoms with Crippen LogP contribution < -0.4 is 10.6 Å². The molecule has 0 bridgehead atoms. The van der Waals surface area contributed by atoms with E-state index in [9.17, 15) is 18.7 Å². The molecule has 6 nitrogen and oxygen atoms in total. The highest BCUT2D eigenvalue weighted by Gasteiger charge is 2.24. The van der Waals surface area contributed by atoms with Crippen LogP contribution in [0.15, 0.2) is 18.2 Å². The number of carbonyl (C=O) groups excluding carboxylic acids is 1. The molecule has 126 valence electrons. The molecule has 2 rings (SSSR count). The summed E-state index contributed by atoms with van der Waals surface area (Å²) in [4.78, 5) is 18.3. The Bertz CT molecular complexity index is 689. The zero-order chi connectivity index (χ0) is 17.0. The van der Waals surface area contributed by atoms with Crippen LogP contribution in [-0.2, 0) is 0 Å². The van der Waals surface area contributed by atoms with E-state index in [-0.39, 0.29) is 6.61 Å². The molecule has 4 N–H and O–H groups in total. The molecular weight excluding hydrogens is 306 g/mol. The van der Waals surface area contributed by atoms with Gasteiger partial charge in [-0.1, -0.05) is 13.3 Å². The molecule has 1 unspecified atom stereocenters. The minimum absolute atomic E-state index is 0.175. The molecule has 0 aliphatic heterocycles. The monoisotopic (exact) mass is 326 g/mol. The highest BCUT2D eigenvalue weighted by molar-refractivity contribution is 5.92. The molecule has 0 fully saturated rings. The second kappa shape index (κ2) is 6.91. The van der Waals surface area contributed by atoms with E-state index in [1.54, 1.807) is 19.1 Å². The molecular formula is C15H20F2N4O2. The van der Waals surface area contributed by atoms with E-state index in [2.05, 4.69) is 20.6 Å². The van der Waals surface area contributed by atoms with Gasteiger partial charge >= 0.3 is 6.03 Å². The number of hydrogen-bond acceptors (Lipinski definition) is 3. The summed E-state index contributed by atoms with van der Waals surface area (Å²) < 4.78 is 25.2. The number of nitrogens with one attached hydrogen (secondary N) is 3. The molecule has 2 aromatic rings. The van der Waals surface area contributed by atoms with Crippen molar-refractivity contribution in [3.63, 3.8) is 0 Å².